The molecule has 18 heavy (non-hydrogen) atoms. The van der Waals surface area contributed by atoms with Gasteiger partial charge in [-0.3, -0.25) is 0 Å². The molecule has 1 N–H and O–H groups in total. The second-order valence-corrected chi connectivity index (χ2v) is 4.22. The summed E-state index contributed by atoms with van der Waals surface area (Å²) in [5.41, 5.74) is -0.924. The van der Waals surface area contributed by atoms with E-state index >= 15 is 0 Å². The molecule has 2 rings (SSSR count). The summed E-state index contributed by atoms with van der Waals surface area (Å²) >= 11 is 0. The lowest BCUT2D eigenvalue weighted by Gasteiger charge is -2.22. The molecule has 0 radical (unpaired) electrons. The van der Waals surface area contributed by atoms with Gasteiger partial charge in [-0.25, -0.2) is 9.97 Å². The highest BCUT2D eigenvalue weighted by molar-refractivity contribution is 5.35. The van der Waals surface area contributed by atoms with Crippen LogP contribution in [0.3, 0.4) is 0 Å². The third kappa shape index (κ3) is 3.56. The molecule has 0 aromatic carbocycles. The van der Waals surface area contributed by atoms with E-state index in [9.17, 15) is 13.2 Å². The van der Waals surface area contributed by atoms with E-state index in [1.54, 1.807) is 0 Å². The van der Waals surface area contributed by atoms with Gasteiger partial charge in [0.05, 0.1) is 0 Å². The number of hydrogen-bond donors (Lipinski definition) is 1. The Labute approximate surface area is 103 Å². The Kier molecular flexibility index (Phi) is 4.00. The van der Waals surface area contributed by atoms with E-state index in [1.165, 1.54) is 0 Å². The molecule has 0 unspecified atom stereocenters. The van der Waals surface area contributed by atoms with Crippen LogP contribution in [0.5, 0.6) is 0 Å². The zero-order chi connectivity index (χ0) is 13.0. The van der Waals surface area contributed by atoms with Gasteiger partial charge in [-0.1, -0.05) is 0 Å². The molecule has 0 bridgehead atoms. The van der Waals surface area contributed by atoms with Crippen molar-refractivity contribution in [1.29, 1.82) is 0 Å². The lowest BCUT2D eigenvalue weighted by molar-refractivity contribution is -0.141. The van der Waals surface area contributed by atoms with Crippen molar-refractivity contribution in [3.8, 4) is 0 Å². The molecule has 1 aliphatic heterocycles. The topological polar surface area (TPSA) is 47.0 Å². The molecule has 1 aromatic heterocycles. The average Bonchev–Trinajstić information content (AvgIpc) is 2.37. The summed E-state index contributed by atoms with van der Waals surface area (Å²) in [6.07, 6.45) is -1.67. The van der Waals surface area contributed by atoms with Crippen molar-refractivity contribution in [2.75, 3.05) is 25.1 Å². The molecule has 100 valence electrons. The van der Waals surface area contributed by atoms with Crippen LogP contribution >= 0.6 is 0 Å². The molecular weight excluding hydrogens is 247 g/mol. The standard InChI is InChI=1S/C11H14F3N3O/c12-11(13,14)9-5-10(17-7-16-9)15-6-8-1-3-18-4-2-8/h5,7-8H,1-4,6H2,(H,15,16,17). The van der Waals surface area contributed by atoms with Crippen molar-refractivity contribution < 1.29 is 17.9 Å². The number of nitrogens with zero attached hydrogens (tertiary/aromatic N) is 2. The Hall–Kier alpha value is -1.37. The van der Waals surface area contributed by atoms with Gasteiger partial charge in [0.15, 0.2) is 0 Å². The van der Waals surface area contributed by atoms with E-state index in [1.807, 2.05) is 0 Å². The normalized spacial score (nSPS) is 17.7. The van der Waals surface area contributed by atoms with Gasteiger partial charge < -0.3 is 10.1 Å². The number of halogens is 3. The Morgan fingerprint density at radius 3 is 2.67 bits per heavy atom. The minimum atomic E-state index is -4.43. The monoisotopic (exact) mass is 261 g/mol. The summed E-state index contributed by atoms with van der Waals surface area (Å²) in [6.45, 7) is 2.03. The van der Waals surface area contributed by atoms with Crippen LogP contribution in [0.4, 0.5) is 19.0 Å². The number of hydrogen-bond acceptors (Lipinski definition) is 4. The van der Waals surface area contributed by atoms with E-state index < -0.39 is 11.9 Å². The van der Waals surface area contributed by atoms with E-state index in [0.717, 1.165) is 25.2 Å². The number of ether oxygens (including phenoxy) is 1. The Morgan fingerprint density at radius 2 is 2.00 bits per heavy atom. The van der Waals surface area contributed by atoms with Gasteiger partial charge in [-0.2, -0.15) is 13.2 Å². The van der Waals surface area contributed by atoms with Crippen molar-refractivity contribution in [3.63, 3.8) is 0 Å². The fourth-order valence-corrected chi connectivity index (χ4v) is 1.81. The first kappa shape index (κ1) is 13.1. The fraction of sp³-hybridized carbons (Fsp3) is 0.636. The lowest BCUT2D eigenvalue weighted by Crippen LogP contribution is -2.23. The van der Waals surface area contributed by atoms with E-state index in [0.29, 0.717) is 25.7 Å². The number of anilines is 1. The smallest absolute Gasteiger partial charge is 0.381 e. The van der Waals surface area contributed by atoms with Gasteiger partial charge >= 0.3 is 6.18 Å². The summed E-state index contributed by atoms with van der Waals surface area (Å²) in [5.74, 6) is 0.631. The van der Waals surface area contributed by atoms with E-state index in [2.05, 4.69) is 15.3 Å². The second-order valence-electron chi connectivity index (χ2n) is 4.22. The highest BCUT2D eigenvalue weighted by atomic mass is 19.4. The van der Waals surface area contributed by atoms with Crippen LogP contribution in [0.15, 0.2) is 12.4 Å². The largest absolute Gasteiger partial charge is 0.433 e. The quantitative estimate of drug-likeness (QED) is 0.907. The van der Waals surface area contributed by atoms with Gasteiger partial charge in [0.25, 0.3) is 0 Å². The van der Waals surface area contributed by atoms with Crippen molar-refractivity contribution in [1.82, 2.24) is 9.97 Å². The minimum Gasteiger partial charge on any atom is -0.381 e. The summed E-state index contributed by atoms with van der Waals surface area (Å²) in [7, 11) is 0. The van der Waals surface area contributed by atoms with Crippen LogP contribution in [0.25, 0.3) is 0 Å². The van der Waals surface area contributed by atoms with Crippen LogP contribution in [-0.4, -0.2) is 29.7 Å². The van der Waals surface area contributed by atoms with Gasteiger partial charge in [-0.05, 0) is 18.8 Å². The van der Waals surface area contributed by atoms with Gasteiger partial charge in [0.2, 0.25) is 0 Å². The maximum Gasteiger partial charge on any atom is 0.433 e. The SMILES string of the molecule is FC(F)(F)c1cc(NCC2CCOCC2)ncn1. The predicted molar refractivity (Wildman–Crippen MR) is 59.1 cm³/mol. The molecular formula is C11H14F3N3O. The minimum absolute atomic E-state index is 0.212. The molecule has 2 heterocycles. The van der Waals surface area contributed by atoms with E-state index in [-0.39, 0.29) is 5.82 Å². The van der Waals surface area contributed by atoms with Crippen LogP contribution in [0.1, 0.15) is 18.5 Å². The van der Waals surface area contributed by atoms with Crippen LogP contribution in [-0.2, 0) is 10.9 Å². The summed E-state index contributed by atoms with van der Waals surface area (Å²) in [4.78, 5) is 6.99. The molecule has 1 aliphatic rings. The Morgan fingerprint density at radius 1 is 1.28 bits per heavy atom. The molecule has 4 nitrogen and oxygen atoms in total. The molecule has 0 atom stereocenters. The van der Waals surface area contributed by atoms with Crippen LogP contribution in [0.2, 0.25) is 0 Å². The van der Waals surface area contributed by atoms with E-state index in [4.69, 9.17) is 4.74 Å². The number of rotatable bonds is 3. The highest BCUT2D eigenvalue weighted by Gasteiger charge is 2.32. The second kappa shape index (κ2) is 5.51. The first-order chi connectivity index (χ1) is 8.55. The highest BCUT2D eigenvalue weighted by Crippen LogP contribution is 2.28. The molecule has 0 spiro atoms. The first-order valence-electron chi connectivity index (χ1n) is 5.76. The fourth-order valence-electron chi connectivity index (χ4n) is 1.81. The third-order valence-corrected chi connectivity index (χ3v) is 2.87. The molecule has 1 aromatic rings. The molecule has 0 amide bonds. The predicted octanol–water partition coefficient (Wildman–Crippen LogP) is 2.33. The van der Waals surface area contributed by atoms with Crippen LogP contribution < -0.4 is 5.32 Å². The van der Waals surface area contributed by atoms with Crippen LogP contribution in [0, 0.1) is 5.92 Å². The summed E-state index contributed by atoms with van der Waals surface area (Å²) in [5, 5.41) is 2.92. The zero-order valence-corrected chi connectivity index (χ0v) is 9.70. The van der Waals surface area contributed by atoms with Crippen molar-refractivity contribution >= 4 is 5.82 Å². The maximum absolute atomic E-state index is 12.4. The van der Waals surface area contributed by atoms with Crippen molar-refractivity contribution in [3.05, 3.63) is 18.1 Å². The first-order valence-corrected chi connectivity index (χ1v) is 5.76. The van der Waals surface area contributed by atoms with Gasteiger partial charge in [0, 0.05) is 25.8 Å². The molecule has 1 saturated heterocycles. The molecule has 1 fully saturated rings. The number of alkyl halides is 3. The lowest BCUT2D eigenvalue weighted by atomic mass is 10.0. The molecule has 0 saturated carbocycles. The summed E-state index contributed by atoms with van der Waals surface area (Å²) in [6, 6.07) is 0.930. The maximum atomic E-state index is 12.4. The molecule has 7 heteroatoms. The number of aromatic nitrogens is 2. The average molecular weight is 261 g/mol. The van der Waals surface area contributed by atoms with Gasteiger partial charge in [-0.15, -0.1) is 0 Å². The third-order valence-electron chi connectivity index (χ3n) is 2.87. The molecule has 0 aliphatic carbocycles. The van der Waals surface area contributed by atoms with Crippen molar-refractivity contribution in [2.24, 2.45) is 5.92 Å². The van der Waals surface area contributed by atoms with Gasteiger partial charge in [0.1, 0.15) is 17.8 Å². The zero-order valence-electron chi connectivity index (χ0n) is 9.70. The Balaban J connectivity index is 1.92. The number of nitrogens with one attached hydrogen (secondary N) is 1. The summed E-state index contributed by atoms with van der Waals surface area (Å²) < 4.78 is 42.5. The Bertz CT molecular complexity index is 391. The van der Waals surface area contributed by atoms with Crippen molar-refractivity contribution in [2.45, 2.75) is 19.0 Å².